The first-order valence-corrected chi connectivity index (χ1v) is 9.92. The minimum Gasteiger partial charge on any atom is -0.497 e. The van der Waals surface area contributed by atoms with Gasteiger partial charge in [-0.25, -0.2) is 4.79 Å². The minimum absolute atomic E-state index is 0.414. The zero-order valence-corrected chi connectivity index (χ0v) is 17.8. The molecule has 31 heavy (non-hydrogen) atoms. The number of hydrogen-bond donors (Lipinski definition) is 1. The van der Waals surface area contributed by atoms with Gasteiger partial charge in [-0.1, -0.05) is 54.6 Å². The first-order chi connectivity index (χ1) is 15.0. The van der Waals surface area contributed by atoms with Crippen LogP contribution < -0.4 is 10.1 Å². The number of esters is 1. The lowest BCUT2D eigenvalue weighted by atomic mass is 10.1. The Morgan fingerprint density at radius 2 is 1.71 bits per heavy atom. The molecule has 3 aromatic carbocycles. The molecule has 1 atom stereocenters. The van der Waals surface area contributed by atoms with E-state index < -0.39 is 18.0 Å². The highest BCUT2D eigenvalue weighted by Crippen LogP contribution is 2.23. The van der Waals surface area contributed by atoms with E-state index in [2.05, 4.69) is 5.32 Å². The largest absolute Gasteiger partial charge is 0.497 e. The maximum Gasteiger partial charge on any atom is 0.331 e. The fraction of sp³-hybridized carbons (Fsp3) is 0.154. The number of methoxy groups -OCH3 is 1. The van der Waals surface area contributed by atoms with Crippen LogP contribution in [0.4, 0.5) is 5.69 Å². The van der Waals surface area contributed by atoms with Crippen molar-refractivity contribution in [1.29, 1.82) is 0 Å². The van der Waals surface area contributed by atoms with E-state index >= 15 is 0 Å². The minimum atomic E-state index is -1.08. The van der Waals surface area contributed by atoms with Crippen LogP contribution in [0.15, 0.2) is 78.9 Å². The highest BCUT2D eigenvalue weighted by atomic mass is 16.5. The van der Waals surface area contributed by atoms with Crippen molar-refractivity contribution < 1.29 is 19.1 Å². The molecule has 3 rings (SSSR count). The number of nitrogens with one attached hydrogen (secondary N) is 1. The highest BCUT2D eigenvalue weighted by molar-refractivity contribution is 5.98. The van der Waals surface area contributed by atoms with E-state index in [0.29, 0.717) is 17.0 Å². The monoisotopic (exact) mass is 415 g/mol. The average Bonchev–Trinajstić information content (AvgIpc) is 2.79. The molecule has 0 heterocycles. The molecule has 0 saturated heterocycles. The Hall–Kier alpha value is -3.86. The number of carbonyl (C=O) groups excluding carboxylic acids is 2. The molecule has 0 saturated carbocycles. The van der Waals surface area contributed by atoms with Gasteiger partial charge in [0.25, 0.3) is 5.91 Å². The molecule has 1 amide bonds. The molecule has 5 nitrogen and oxygen atoms in total. The van der Waals surface area contributed by atoms with Crippen molar-refractivity contribution in [3.63, 3.8) is 0 Å². The van der Waals surface area contributed by atoms with Gasteiger partial charge in [-0.05, 0) is 54.8 Å². The van der Waals surface area contributed by atoms with Crippen LogP contribution in [0, 0.1) is 13.8 Å². The van der Waals surface area contributed by atoms with Gasteiger partial charge in [0.1, 0.15) is 5.75 Å². The Morgan fingerprint density at radius 1 is 0.935 bits per heavy atom. The van der Waals surface area contributed by atoms with Crippen LogP contribution in [0.2, 0.25) is 0 Å². The van der Waals surface area contributed by atoms with Crippen LogP contribution in [-0.2, 0) is 14.3 Å². The molecular formula is C26H25NO4. The normalized spacial score (nSPS) is 11.7. The fourth-order valence-electron chi connectivity index (χ4n) is 3.03. The molecular weight excluding hydrogens is 390 g/mol. The Kier molecular flexibility index (Phi) is 7.22. The van der Waals surface area contributed by atoms with E-state index in [1.807, 2.05) is 56.3 Å². The lowest BCUT2D eigenvalue weighted by molar-refractivity contribution is -0.149. The van der Waals surface area contributed by atoms with Gasteiger partial charge >= 0.3 is 5.97 Å². The van der Waals surface area contributed by atoms with Crippen LogP contribution in [0.1, 0.15) is 28.4 Å². The van der Waals surface area contributed by atoms with Crippen molar-refractivity contribution in [2.75, 3.05) is 12.4 Å². The Morgan fingerprint density at radius 3 is 2.45 bits per heavy atom. The summed E-state index contributed by atoms with van der Waals surface area (Å²) >= 11 is 0. The smallest absolute Gasteiger partial charge is 0.331 e. The second-order valence-electron chi connectivity index (χ2n) is 7.15. The van der Waals surface area contributed by atoms with Crippen LogP contribution in [-0.4, -0.2) is 19.0 Å². The number of rotatable bonds is 7. The van der Waals surface area contributed by atoms with Gasteiger partial charge in [0.05, 0.1) is 7.11 Å². The first-order valence-electron chi connectivity index (χ1n) is 9.92. The van der Waals surface area contributed by atoms with Crippen molar-refractivity contribution in [3.8, 4) is 5.75 Å². The van der Waals surface area contributed by atoms with Gasteiger partial charge in [0, 0.05) is 17.3 Å². The second kappa shape index (κ2) is 10.3. The van der Waals surface area contributed by atoms with Gasteiger partial charge in [0.2, 0.25) is 6.10 Å². The summed E-state index contributed by atoms with van der Waals surface area (Å²) in [7, 11) is 1.58. The lowest BCUT2D eigenvalue weighted by Gasteiger charge is -2.18. The lowest BCUT2D eigenvalue weighted by Crippen LogP contribution is -2.25. The zero-order valence-electron chi connectivity index (χ0n) is 17.8. The third-order valence-electron chi connectivity index (χ3n) is 4.73. The van der Waals surface area contributed by atoms with Crippen LogP contribution >= 0.6 is 0 Å². The number of carbonyl (C=O) groups is 2. The molecule has 0 bridgehead atoms. The van der Waals surface area contributed by atoms with Gasteiger partial charge in [-0.3, -0.25) is 4.79 Å². The molecule has 0 radical (unpaired) electrons. The number of amides is 1. The van der Waals surface area contributed by atoms with Crippen LogP contribution in [0.5, 0.6) is 5.75 Å². The maximum atomic E-state index is 13.0. The molecule has 1 unspecified atom stereocenters. The summed E-state index contributed by atoms with van der Waals surface area (Å²) in [6, 6.07) is 22.0. The molecule has 0 fully saturated rings. The van der Waals surface area contributed by atoms with Gasteiger partial charge in [-0.15, -0.1) is 0 Å². The molecule has 1 N–H and O–H groups in total. The quantitative estimate of drug-likeness (QED) is 0.423. The standard InChI is InChI=1S/C26H25NO4/c1-18-12-13-19(2)23(16-18)27-26(29)25(21-9-5-4-6-10-21)31-24(28)15-14-20-8-7-11-22(17-20)30-3/h4-17,25H,1-3H3,(H,27,29)/b15-14+. The summed E-state index contributed by atoms with van der Waals surface area (Å²) < 4.78 is 10.7. The summed E-state index contributed by atoms with van der Waals surface area (Å²) in [5.41, 5.74) is 4.01. The third kappa shape index (κ3) is 6.06. The van der Waals surface area contributed by atoms with Crippen molar-refractivity contribution in [3.05, 3.63) is 101 Å². The zero-order chi connectivity index (χ0) is 22.2. The number of hydrogen-bond acceptors (Lipinski definition) is 4. The first kappa shape index (κ1) is 21.8. The molecule has 158 valence electrons. The molecule has 3 aromatic rings. The predicted molar refractivity (Wildman–Crippen MR) is 122 cm³/mol. The Bertz CT molecular complexity index is 1090. The van der Waals surface area contributed by atoms with E-state index in [0.717, 1.165) is 16.7 Å². The van der Waals surface area contributed by atoms with Gasteiger partial charge in [0.15, 0.2) is 0 Å². The summed E-state index contributed by atoms with van der Waals surface area (Å²) in [5.74, 6) is -0.346. The van der Waals surface area contributed by atoms with E-state index in [-0.39, 0.29) is 0 Å². The van der Waals surface area contributed by atoms with Gasteiger partial charge in [-0.2, -0.15) is 0 Å². The third-order valence-corrected chi connectivity index (χ3v) is 4.73. The Labute approximate surface area is 182 Å². The van der Waals surface area contributed by atoms with E-state index in [4.69, 9.17) is 9.47 Å². The van der Waals surface area contributed by atoms with Crippen molar-refractivity contribution in [2.45, 2.75) is 20.0 Å². The number of benzene rings is 3. The highest BCUT2D eigenvalue weighted by Gasteiger charge is 2.24. The predicted octanol–water partition coefficient (Wildman–Crippen LogP) is 5.25. The SMILES string of the molecule is COc1cccc(/C=C/C(=O)OC(C(=O)Nc2cc(C)ccc2C)c2ccccc2)c1. The van der Waals surface area contributed by atoms with E-state index in [9.17, 15) is 9.59 Å². The average molecular weight is 415 g/mol. The topological polar surface area (TPSA) is 64.6 Å². The van der Waals surface area contributed by atoms with Crippen molar-refractivity contribution >= 4 is 23.6 Å². The molecule has 0 aliphatic carbocycles. The number of ether oxygens (including phenoxy) is 2. The fourth-order valence-corrected chi connectivity index (χ4v) is 3.03. The second-order valence-corrected chi connectivity index (χ2v) is 7.15. The maximum absolute atomic E-state index is 13.0. The van der Waals surface area contributed by atoms with Gasteiger partial charge < -0.3 is 14.8 Å². The van der Waals surface area contributed by atoms with Crippen LogP contribution in [0.3, 0.4) is 0 Å². The van der Waals surface area contributed by atoms with Crippen LogP contribution in [0.25, 0.3) is 6.08 Å². The van der Waals surface area contributed by atoms with E-state index in [1.165, 1.54) is 6.08 Å². The van der Waals surface area contributed by atoms with Crippen molar-refractivity contribution in [2.24, 2.45) is 0 Å². The molecule has 0 aliphatic heterocycles. The summed E-state index contributed by atoms with van der Waals surface area (Å²) in [6.45, 7) is 3.86. The number of aryl methyl sites for hydroxylation is 2. The summed E-state index contributed by atoms with van der Waals surface area (Å²) in [6.07, 6.45) is 1.84. The summed E-state index contributed by atoms with van der Waals surface area (Å²) in [5, 5.41) is 2.89. The summed E-state index contributed by atoms with van der Waals surface area (Å²) in [4.78, 5) is 25.6. The number of anilines is 1. The Balaban J connectivity index is 1.79. The molecule has 0 aromatic heterocycles. The molecule has 5 heteroatoms. The van der Waals surface area contributed by atoms with Crippen molar-refractivity contribution in [1.82, 2.24) is 0 Å². The molecule has 0 aliphatic rings. The molecule has 0 spiro atoms. The van der Waals surface area contributed by atoms with E-state index in [1.54, 1.807) is 43.5 Å².